The molecule has 1 saturated heterocycles. The highest BCUT2D eigenvalue weighted by atomic mass is 16.3. The Balaban J connectivity index is 1.70. The van der Waals surface area contributed by atoms with Gasteiger partial charge in [-0.05, 0) is 27.3 Å². The van der Waals surface area contributed by atoms with Crippen molar-refractivity contribution in [2.24, 2.45) is 0 Å². The summed E-state index contributed by atoms with van der Waals surface area (Å²) in [5.74, 6) is 0.413. The molecule has 0 unspecified atom stereocenters. The molecule has 0 spiro atoms. The topological polar surface area (TPSA) is 61.6 Å². The molecular weight excluding hydrogens is 256 g/mol. The third-order valence-electron chi connectivity index (χ3n) is 3.97. The van der Waals surface area contributed by atoms with E-state index in [9.17, 15) is 4.79 Å². The molecule has 2 heterocycles. The van der Waals surface area contributed by atoms with Crippen molar-refractivity contribution >= 4 is 5.91 Å². The molecule has 112 valence electrons. The summed E-state index contributed by atoms with van der Waals surface area (Å²) in [4.78, 5) is 20.6. The van der Waals surface area contributed by atoms with Crippen LogP contribution in [0.1, 0.15) is 29.6 Å². The van der Waals surface area contributed by atoms with Gasteiger partial charge in [0, 0.05) is 38.8 Å². The quantitative estimate of drug-likeness (QED) is 0.862. The SMILES string of the molecule is Cc1ocnc1C(=O)NCC[C@H](C)N1CCN(C)CC1. The maximum absolute atomic E-state index is 11.9. The van der Waals surface area contributed by atoms with Gasteiger partial charge >= 0.3 is 0 Å². The summed E-state index contributed by atoms with van der Waals surface area (Å²) in [7, 11) is 2.16. The molecule has 1 aliphatic heterocycles. The van der Waals surface area contributed by atoms with E-state index in [1.807, 2.05) is 0 Å². The number of likely N-dealkylation sites (N-methyl/N-ethyl adjacent to an activating group) is 1. The normalized spacial score (nSPS) is 18.9. The van der Waals surface area contributed by atoms with Crippen molar-refractivity contribution in [1.82, 2.24) is 20.1 Å². The summed E-state index contributed by atoms with van der Waals surface area (Å²) in [6, 6.07) is 0.488. The van der Waals surface area contributed by atoms with Crippen LogP contribution in [0, 0.1) is 6.92 Å². The summed E-state index contributed by atoms with van der Waals surface area (Å²) in [5, 5.41) is 2.91. The molecule has 0 radical (unpaired) electrons. The minimum Gasteiger partial charge on any atom is -0.448 e. The molecule has 1 fully saturated rings. The molecule has 0 saturated carbocycles. The highest BCUT2D eigenvalue weighted by Gasteiger charge is 2.19. The van der Waals surface area contributed by atoms with Gasteiger partial charge in [-0.2, -0.15) is 0 Å². The summed E-state index contributed by atoms with van der Waals surface area (Å²) in [6.45, 7) is 9.08. The van der Waals surface area contributed by atoms with Crippen molar-refractivity contribution in [2.45, 2.75) is 26.3 Å². The number of hydrogen-bond donors (Lipinski definition) is 1. The lowest BCUT2D eigenvalue weighted by Crippen LogP contribution is -2.48. The fourth-order valence-corrected chi connectivity index (χ4v) is 2.45. The first kappa shape index (κ1) is 15.0. The first-order valence-corrected chi connectivity index (χ1v) is 7.19. The number of piperazine rings is 1. The molecule has 20 heavy (non-hydrogen) atoms. The number of amides is 1. The molecule has 1 aromatic rings. The maximum Gasteiger partial charge on any atom is 0.273 e. The van der Waals surface area contributed by atoms with Gasteiger partial charge in [0.1, 0.15) is 5.76 Å². The van der Waals surface area contributed by atoms with Crippen molar-refractivity contribution in [1.29, 1.82) is 0 Å². The van der Waals surface area contributed by atoms with Crippen molar-refractivity contribution < 1.29 is 9.21 Å². The number of carbonyl (C=O) groups is 1. The van der Waals surface area contributed by atoms with Crippen molar-refractivity contribution in [3.63, 3.8) is 0 Å². The van der Waals surface area contributed by atoms with Gasteiger partial charge < -0.3 is 14.6 Å². The van der Waals surface area contributed by atoms with Crippen LogP contribution in [0.5, 0.6) is 0 Å². The summed E-state index contributed by atoms with van der Waals surface area (Å²) in [6.07, 6.45) is 2.25. The second-order valence-electron chi connectivity index (χ2n) is 5.49. The smallest absolute Gasteiger partial charge is 0.273 e. The monoisotopic (exact) mass is 280 g/mol. The van der Waals surface area contributed by atoms with Crippen molar-refractivity contribution in [3.05, 3.63) is 17.8 Å². The highest BCUT2D eigenvalue weighted by Crippen LogP contribution is 2.08. The highest BCUT2D eigenvalue weighted by molar-refractivity contribution is 5.92. The molecule has 1 aromatic heterocycles. The van der Waals surface area contributed by atoms with E-state index in [1.165, 1.54) is 6.39 Å². The van der Waals surface area contributed by atoms with E-state index < -0.39 is 0 Å². The minimum absolute atomic E-state index is 0.151. The average Bonchev–Trinajstić information content (AvgIpc) is 2.85. The fourth-order valence-electron chi connectivity index (χ4n) is 2.45. The van der Waals surface area contributed by atoms with Gasteiger partial charge in [0.2, 0.25) is 0 Å². The number of nitrogens with zero attached hydrogens (tertiary/aromatic N) is 3. The van der Waals surface area contributed by atoms with Gasteiger partial charge in [-0.1, -0.05) is 0 Å². The molecule has 1 N–H and O–H groups in total. The van der Waals surface area contributed by atoms with E-state index in [-0.39, 0.29) is 5.91 Å². The molecule has 0 aromatic carbocycles. The largest absolute Gasteiger partial charge is 0.448 e. The summed E-state index contributed by atoms with van der Waals surface area (Å²) in [5.41, 5.74) is 0.386. The first-order valence-electron chi connectivity index (χ1n) is 7.19. The number of oxazole rings is 1. The molecule has 1 atom stereocenters. The van der Waals surface area contributed by atoms with Crippen LogP contribution in [0.15, 0.2) is 10.8 Å². The summed E-state index contributed by atoms with van der Waals surface area (Å²) >= 11 is 0. The Kier molecular flexibility index (Phi) is 5.14. The number of aryl methyl sites for hydroxylation is 1. The number of nitrogens with one attached hydrogen (secondary N) is 1. The van der Waals surface area contributed by atoms with Crippen molar-refractivity contribution in [3.8, 4) is 0 Å². The molecule has 1 aliphatic rings. The van der Waals surface area contributed by atoms with Crippen LogP contribution in [0.4, 0.5) is 0 Å². The number of aromatic nitrogens is 1. The predicted molar refractivity (Wildman–Crippen MR) is 76.7 cm³/mol. The van der Waals surface area contributed by atoms with Crippen LogP contribution in [-0.2, 0) is 0 Å². The van der Waals surface area contributed by atoms with Gasteiger partial charge in [0.15, 0.2) is 12.1 Å². The molecular formula is C14H24N4O2. The lowest BCUT2D eigenvalue weighted by atomic mass is 10.1. The van der Waals surface area contributed by atoms with Gasteiger partial charge in [-0.25, -0.2) is 4.98 Å². The van der Waals surface area contributed by atoms with Crippen LogP contribution >= 0.6 is 0 Å². The Morgan fingerprint density at radius 1 is 1.45 bits per heavy atom. The van der Waals surface area contributed by atoms with Crippen LogP contribution in [0.2, 0.25) is 0 Å². The Morgan fingerprint density at radius 2 is 2.15 bits per heavy atom. The van der Waals surface area contributed by atoms with E-state index >= 15 is 0 Å². The number of hydrogen-bond acceptors (Lipinski definition) is 5. The zero-order chi connectivity index (χ0) is 14.5. The number of carbonyl (C=O) groups excluding carboxylic acids is 1. The number of rotatable bonds is 5. The Morgan fingerprint density at radius 3 is 2.75 bits per heavy atom. The minimum atomic E-state index is -0.151. The molecule has 0 bridgehead atoms. The standard InChI is InChI=1S/C14H24N4O2/c1-11(18-8-6-17(3)7-9-18)4-5-15-14(19)13-12(2)20-10-16-13/h10-11H,4-9H2,1-3H3,(H,15,19)/t11-/m0/s1. The fraction of sp³-hybridized carbons (Fsp3) is 0.714. The predicted octanol–water partition coefficient (Wildman–Crippen LogP) is 0.739. The molecule has 6 heteroatoms. The Labute approximate surface area is 120 Å². The molecule has 6 nitrogen and oxygen atoms in total. The summed E-state index contributed by atoms with van der Waals surface area (Å²) < 4.78 is 5.03. The van der Waals surface area contributed by atoms with Crippen LogP contribution in [0.3, 0.4) is 0 Å². The zero-order valence-corrected chi connectivity index (χ0v) is 12.6. The average molecular weight is 280 g/mol. The lowest BCUT2D eigenvalue weighted by Gasteiger charge is -2.36. The zero-order valence-electron chi connectivity index (χ0n) is 12.6. The van der Waals surface area contributed by atoms with Crippen LogP contribution in [0.25, 0.3) is 0 Å². The molecule has 2 rings (SSSR count). The van der Waals surface area contributed by atoms with Gasteiger partial charge in [-0.3, -0.25) is 9.69 Å². The van der Waals surface area contributed by atoms with Gasteiger partial charge in [0.25, 0.3) is 5.91 Å². The lowest BCUT2D eigenvalue weighted by molar-refractivity contribution is 0.0929. The maximum atomic E-state index is 11.9. The van der Waals surface area contributed by atoms with Crippen LogP contribution < -0.4 is 5.32 Å². The molecule has 0 aliphatic carbocycles. The van der Waals surface area contributed by atoms with E-state index in [2.05, 4.69) is 34.1 Å². The Bertz CT molecular complexity index is 438. The van der Waals surface area contributed by atoms with Gasteiger partial charge in [0.05, 0.1) is 0 Å². The second-order valence-corrected chi connectivity index (χ2v) is 5.49. The van der Waals surface area contributed by atoms with E-state index in [0.29, 0.717) is 24.0 Å². The van der Waals surface area contributed by atoms with Gasteiger partial charge in [-0.15, -0.1) is 0 Å². The first-order chi connectivity index (χ1) is 9.58. The third-order valence-corrected chi connectivity index (χ3v) is 3.97. The van der Waals surface area contributed by atoms with E-state index in [4.69, 9.17) is 4.42 Å². The van der Waals surface area contributed by atoms with E-state index in [1.54, 1.807) is 6.92 Å². The van der Waals surface area contributed by atoms with Crippen LogP contribution in [-0.4, -0.2) is 66.5 Å². The van der Waals surface area contributed by atoms with Crippen molar-refractivity contribution in [2.75, 3.05) is 39.8 Å². The third kappa shape index (κ3) is 3.80. The Hall–Kier alpha value is -1.40. The second kappa shape index (κ2) is 6.85. The van der Waals surface area contributed by atoms with E-state index in [0.717, 1.165) is 32.6 Å². The molecule has 1 amide bonds.